The number of carbonyl (C=O) groups excluding carboxylic acids is 1. The van der Waals surface area contributed by atoms with E-state index >= 15 is 0 Å². The van der Waals surface area contributed by atoms with Crippen molar-refractivity contribution in [2.75, 3.05) is 26.9 Å². The number of hydrogen-bond donors (Lipinski definition) is 1. The van der Waals surface area contributed by atoms with Crippen LogP contribution in [-0.2, 0) is 25.5 Å². The van der Waals surface area contributed by atoms with Crippen LogP contribution in [0, 0.1) is 5.92 Å². The lowest BCUT2D eigenvalue weighted by molar-refractivity contribution is -0.155. The van der Waals surface area contributed by atoms with Gasteiger partial charge in [-0.05, 0) is 49.2 Å². The fourth-order valence-corrected chi connectivity index (χ4v) is 3.75. The van der Waals surface area contributed by atoms with Gasteiger partial charge < -0.3 is 24.3 Å². The molecule has 6 heteroatoms. The Morgan fingerprint density at radius 1 is 1.16 bits per heavy atom. The van der Waals surface area contributed by atoms with E-state index in [-0.39, 0.29) is 11.9 Å². The Kier molecular flexibility index (Phi) is 9.03. The predicted molar refractivity (Wildman–Crippen MR) is 124 cm³/mol. The molecule has 1 aromatic rings. The number of ether oxygens (including phenoxy) is 4. The number of hydrogen-bond acceptors (Lipinski definition) is 6. The van der Waals surface area contributed by atoms with Crippen molar-refractivity contribution in [2.24, 2.45) is 5.92 Å². The molecule has 1 fully saturated rings. The molecule has 1 saturated carbocycles. The summed E-state index contributed by atoms with van der Waals surface area (Å²) in [4.78, 5) is 12.5. The number of benzene rings is 1. The maximum atomic E-state index is 12.5. The molecule has 2 unspecified atom stereocenters. The first kappa shape index (κ1) is 24.2. The van der Waals surface area contributed by atoms with Gasteiger partial charge in [0.1, 0.15) is 5.75 Å². The number of nitrogens with one attached hydrogen (secondary N) is 1. The first-order chi connectivity index (χ1) is 15.6. The van der Waals surface area contributed by atoms with Gasteiger partial charge in [0.15, 0.2) is 0 Å². The molecule has 0 heterocycles. The van der Waals surface area contributed by atoms with Crippen LogP contribution in [0.15, 0.2) is 47.9 Å². The molecule has 0 saturated heterocycles. The number of methoxy groups -OCH3 is 1. The van der Waals surface area contributed by atoms with Crippen LogP contribution in [0.4, 0.5) is 0 Å². The minimum absolute atomic E-state index is 0.175. The molecule has 0 aromatic heterocycles. The highest BCUT2D eigenvalue weighted by molar-refractivity contribution is 5.84. The highest BCUT2D eigenvalue weighted by Gasteiger charge is 2.62. The summed E-state index contributed by atoms with van der Waals surface area (Å²) in [6, 6.07) is 7.94. The summed E-state index contributed by atoms with van der Waals surface area (Å²) < 4.78 is 22.6. The number of allylic oxidation sites excluding steroid dienone is 4. The van der Waals surface area contributed by atoms with Crippen LogP contribution in [0.25, 0.3) is 0 Å². The third-order valence-electron chi connectivity index (χ3n) is 5.97. The predicted octanol–water partition coefficient (Wildman–Crippen LogP) is 4.89. The summed E-state index contributed by atoms with van der Waals surface area (Å²) in [5.41, 5.74) is 0.308. The molecule has 32 heavy (non-hydrogen) atoms. The molecule has 0 spiro atoms. The lowest BCUT2D eigenvalue weighted by atomic mass is 10.1. The van der Waals surface area contributed by atoms with Crippen molar-refractivity contribution in [1.29, 1.82) is 0 Å². The standard InChI is InChI=1S/C26H37NO5/c1-4-5-15-31-25(28)26(18-20(26)2)32-24-9-6-8-21(17-24)19-27-14-7-16-30-23-12-10-22(29-3)11-13-23/h6,8-10,12,17,20,27H,4-5,7,11,13-16,18-19H2,1-3H3. The maximum Gasteiger partial charge on any atom is 0.350 e. The van der Waals surface area contributed by atoms with Crippen molar-refractivity contribution in [2.45, 2.75) is 64.5 Å². The Bertz CT molecular complexity index is 818. The summed E-state index contributed by atoms with van der Waals surface area (Å²) in [5, 5.41) is 3.45. The zero-order chi connectivity index (χ0) is 22.8. The van der Waals surface area contributed by atoms with Crippen LogP contribution >= 0.6 is 0 Å². The van der Waals surface area contributed by atoms with Crippen molar-refractivity contribution in [3.05, 3.63) is 53.5 Å². The van der Waals surface area contributed by atoms with Gasteiger partial charge in [0.25, 0.3) is 0 Å². The minimum atomic E-state index is -0.815. The highest BCUT2D eigenvalue weighted by atomic mass is 16.6. The first-order valence-electron chi connectivity index (χ1n) is 11.8. The molecular weight excluding hydrogens is 406 g/mol. The van der Waals surface area contributed by atoms with E-state index in [9.17, 15) is 4.79 Å². The molecule has 176 valence electrons. The summed E-state index contributed by atoms with van der Waals surface area (Å²) in [6.07, 6.45) is 9.28. The molecule has 2 aliphatic carbocycles. The first-order valence-corrected chi connectivity index (χ1v) is 11.8. The zero-order valence-electron chi connectivity index (χ0n) is 19.7. The molecular formula is C26H37NO5. The highest BCUT2D eigenvalue weighted by Crippen LogP contribution is 2.47. The fraction of sp³-hybridized carbons (Fsp3) is 0.577. The summed E-state index contributed by atoms with van der Waals surface area (Å²) in [5.74, 6) is 2.68. The average molecular weight is 444 g/mol. The van der Waals surface area contributed by atoms with E-state index in [2.05, 4.69) is 18.3 Å². The SMILES string of the molecule is CCCCOC(=O)C1(Oc2cccc(CNCCCOC3=CC=C(OC)CC3)c2)CC1C. The molecule has 0 radical (unpaired) electrons. The van der Waals surface area contributed by atoms with Gasteiger partial charge in [-0.25, -0.2) is 4.79 Å². The van der Waals surface area contributed by atoms with E-state index in [4.69, 9.17) is 18.9 Å². The van der Waals surface area contributed by atoms with Crippen molar-refractivity contribution in [3.8, 4) is 5.75 Å². The Hall–Kier alpha value is -2.47. The van der Waals surface area contributed by atoms with Crippen molar-refractivity contribution >= 4 is 5.97 Å². The monoisotopic (exact) mass is 443 g/mol. The molecule has 0 aliphatic heterocycles. The van der Waals surface area contributed by atoms with Crippen molar-refractivity contribution < 1.29 is 23.7 Å². The normalized spacial score (nSPS) is 21.9. The minimum Gasteiger partial charge on any atom is -0.501 e. The zero-order valence-corrected chi connectivity index (χ0v) is 19.7. The van der Waals surface area contributed by atoms with Crippen molar-refractivity contribution in [1.82, 2.24) is 5.32 Å². The summed E-state index contributed by atoms with van der Waals surface area (Å²) in [7, 11) is 1.70. The third kappa shape index (κ3) is 6.76. The van der Waals surface area contributed by atoms with Crippen LogP contribution in [0.1, 0.15) is 57.9 Å². The topological polar surface area (TPSA) is 66.0 Å². The number of unbranched alkanes of at least 4 members (excludes halogenated alkanes) is 1. The van der Waals surface area contributed by atoms with E-state index in [1.807, 2.05) is 37.3 Å². The van der Waals surface area contributed by atoms with Gasteiger partial charge in [0, 0.05) is 31.7 Å². The van der Waals surface area contributed by atoms with E-state index in [1.165, 1.54) is 0 Å². The molecule has 0 bridgehead atoms. The summed E-state index contributed by atoms with van der Waals surface area (Å²) in [6.45, 7) is 6.87. The van der Waals surface area contributed by atoms with Gasteiger partial charge in [-0.1, -0.05) is 32.4 Å². The Morgan fingerprint density at radius 2 is 1.94 bits per heavy atom. The Morgan fingerprint density at radius 3 is 2.62 bits per heavy atom. The number of carbonyl (C=O) groups is 1. The molecule has 1 N–H and O–H groups in total. The van der Waals surface area contributed by atoms with Crippen LogP contribution in [-0.4, -0.2) is 38.4 Å². The molecule has 0 amide bonds. The van der Waals surface area contributed by atoms with Crippen LogP contribution in [0.2, 0.25) is 0 Å². The quantitative estimate of drug-likeness (QED) is 0.326. The van der Waals surface area contributed by atoms with E-state index in [1.54, 1.807) is 7.11 Å². The van der Waals surface area contributed by atoms with Gasteiger partial charge in [-0.15, -0.1) is 0 Å². The van der Waals surface area contributed by atoms with Crippen LogP contribution < -0.4 is 10.1 Å². The molecule has 6 nitrogen and oxygen atoms in total. The van der Waals surface area contributed by atoms with Crippen molar-refractivity contribution in [3.63, 3.8) is 0 Å². The maximum absolute atomic E-state index is 12.5. The molecule has 1 aromatic carbocycles. The molecule has 3 rings (SSSR count). The van der Waals surface area contributed by atoms with Gasteiger partial charge in [0.2, 0.25) is 5.60 Å². The lowest BCUT2D eigenvalue weighted by Gasteiger charge is -2.19. The van der Waals surface area contributed by atoms with Crippen LogP contribution in [0.3, 0.4) is 0 Å². The van der Waals surface area contributed by atoms with Gasteiger partial charge in [-0.3, -0.25) is 0 Å². The van der Waals surface area contributed by atoms with Crippen LogP contribution in [0.5, 0.6) is 5.75 Å². The smallest absolute Gasteiger partial charge is 0.350 e. The Labute approximate surface area is 192 Å². The number of esters is 1. The fourth-order valence-electron chi connectivity index (χ4n) is 3.75. The lowest BCUT2D eigenvalue weighted by Crippen LogP contribution is -2.34. The second kappa shape index (κ2) is 12.0. The third-order valence-corrected chi connectivity index (χ3v) is 5.97. The largest absolute Gasteiger partial charge is 0.501 e. The second-order valence-electron chi connectivity index (χ2n) is 8.58. The van der Waals surface area contributed by atoms with Gasteiger partial charge in [0.05, 0.1) is 31.8 Å². The second-order valence-corrected chi connectivity index (χ2v) is 8.58. The Balaban J connectivity index is 1.38. The average Bonchev–Trinajstić information content (AvgIpc) is 3.46. The van der Waals surface area contributed by atoms with Gasteiger partial charge >= 0.3 is 5.97 Å². The number of rotatable bonds is 14. The molecule has 2 atom stereocenters. The van der Waals surface area contributed by atoms with E-state index in [0.717, 1.165) is 68.0 Å². The van der Waals surface area contributed by atoms with Gasteiger partial charge in [-0.2, -0.15) is 0 Å². The molecule has 2 aliphatic rings. The summed E-state index contributed by atoms with van der Waals surface area (Å²) >= 11 is 0. The van der Waals surface area contributed by atoms with E-state index in [0.29, 0.717) is 19.6 Å². The van der Waals surface area contributed by atoms with E-state index < -0.39 is 5.60 Å².